The van der Waals surface area contributed by atoms with Crippen LogP contribution in [0.25, 0.3) is 0 Å². The number of hydrogen-bond acceptors (Lipinski definition) is 2. The second-order valence-electron chi connectivity index (χ2n) is 3.07. The molecule has 0 aliphatic heterocycles. The maximum atomic E-state index is 5.23. The first-order valence-electron chi connectivity index (χ1n) is 4.63. The zero-order valence-electron chi connectivity index (χ0n) is 8.22. The Hall–Kier alpha value is -0.300. The highest BCUT2D eigenvalue weighted by Gasteiger charge is 2.12. The molecule has 0 amide bonds. The molecule has 1 atom stereocenters. The summed E-state index contributed by atoms with van der Waals surface area (Å²) in [5.41, 5.74) is 0. The van der Waals surface area contributed by atoms with Crippen LogP contribution in [0.3, 0.4) is 0 Å². The summed E-state index contributed by atoms with van der Waals surface area (Å²) < 4.78 is 1.20. The van der Waals surface area contributed by atoms with Crippen molar-refractivity contribution in [1.29, 1.82) is 0 Å². The number of nitrogens with one attached hydrogen (secondary N) is 1. The lowest BCUT2D eigenvalue weighted by molar-refractivity contribution is 0.538. The molecular formula is C11H14BrNS. The lowest BCUT2D eigenvalue weighted by Gasteiger charge is -2.14. The van der Waals surface area contributed by atoms with Gasteiger partial charge in [0, 0.05) is 21.8 Å². The topological polar surface area (TPSA) is 12.0 Å². The van der Waals surface area contributed by atoms with E-state index in [1.807, 2.05) is 7.05 Å². The summed E-state index contributed by atoms with van der Waals surface area (Å²) in [5.74, 6) is 2.67. The quantitative estimate of drug-likeness (QED) is 0.638. The fraction of sp³-hybridized carbons (Fsp3) is 0.455. The zero-order chi connectivity index (χ0) is 10.4. The molecule has 0 bridgehead atoms. The Morgan fingerprint density at radius 2 is 2.50 bits per heavy atom. The average molecular weight is 272 g/mol. The van der Waals surface area contributed by atoms with Crippen LogP contribution in [-0.2, 0) is 0 Å². The Bertz CT molecular complexity index is 313. The standard InChI is InChI=1S/C11H14BrNS/c1-3-4-5-6-10(13-2)11-9(12)7-8-14-11/h1,7-8,10,13H,4-6H2,2H3. The summed E-state index contributed by atoms with van der Waals surface area (Å²) in [7, 11) is 1.99. The zero-order valence-corrected chi connectivity index (χ0v) is 10.6. The van der Waals surface area contributed by atoms with E-state index in [2.05, 4.69) is 38.6 Å². The Morgan fingerprint density at radius 3 is 3.00 bits per heavy atom. The Kier molecular flexibility index (Phi) is 5.24. The second kappa shape index (κ2) is 6.23. The largest absolute Gasteiger partial charge is 0.312 e. The van der Waals surface area contributed by atoms with E-state index >= 15 is 0 Å². The van der Waals surface area contributed by atoms with Crippen molar-refractivity contribution in [3.05, 3.63) is 20.8 Å². The highest BCUT2D eigenvalue weighted by Crippen LogP contribution is 2.31. The van der Waals surface area contributed by atoms with Crippen molar-refractivity contribution in [2.24, 2.45) is 0 Å². The first-order chi connectivity index (χ1) is 6.79. The van der Waals surface area contributed by atoms with Crippen molar-refractivity contribution in [2.75, 3.05) is 7.05 Å². The molecule has 0 aliphatic carbocycles. The van der Waals surface area contributed by atoms with Crippen LogP contribution in [0.4, 0.5) is 0 Å². The summed E-state index contributed by atoms with van der Waals surface area (Å²) >= 11 is 5.33. The molecule has 1 heterocycles. The smallest absolute Gasteiger partial charge is 0.0424 e. The first kappa shape index (κ1) is 11.8. The van der Waals surface area contributed by atoms with Crippen molar-refractivity contribution >= 4 is 27.3 Å². The third-order valence-corrected chi connectivity index (χ3v) is 4.11. The van der Waals surface area contributed by atoms with Gasteiger partial charge in [0.2, 0.25) is 0 Å². The van der Waals surface area contributed by atoms with Crippen molar-refractivity contribution in [3.8, 4) is 12.3 Å². The fourth-order valence-electron chi connectivity index (χ4n) is 1.37. The van der Waals surface area contributed by atoms with Gasteiger partial charge in [0.1, 0.15) is 0 Å². The van der Waals surface area contributed by atoms with Crippen molar-refractivity contribution in [1.82, 2.24) is 5.32 Å². The van der Waals surface area contributed by atoms with Crippen LogP contribution < -0.4 is 5.32 Å². The van der Waals surface area contributed by atoms with Gasteiger partial charge < -0.3 is 5.32 Å². The number of hydrogen-bond donors (Lipinski definition) is 1. The van der Waals surface area contributed by atoms with Crippen LogP contribution in [-0.4, -0.2) is 7.05 Å². The Labute approximate surface area is 98.0 Å². The van der Waals surface area contributed by atoms with Crippen LogP contribution in [0.2, 0.25) is 0 Å². The minimum absolute atomic E-state index is 0.428. The lowest BCUT2D eigenvalue weighted by Crippen LogP contribution is -2.15. The fourth-order valence-corrected chi connectivity index (χ4v) is 3.16. The molecule has 0 fully saturated rings. The average Bonchev–Trinajstić information content (AvgIpc) is 2.60. The molecule has 0 saturated carbocycles. The molecule has 0 radical (unpaired) electrons. The number of terminal acetylenes is 1. The number of unbranched alkanes of at least 4 members (excludes halogenated alkanes) is 1. The van der Waals surface area contributed by atoms with Gasteiger partial charge in [-0.1, -0.05) is 0 Å². The predicted octanol–water partition coefficient (Wildman–Crippen LogP) is 3.57. The van der Waals surface area contributed by atoms with E-state index in [1.54, 1.807) is 11.3 Å². The van der Waals surface area contributed by atoms with E-state index < -0.39 is 0 Å². The van der Waals surface area contributed by atoms with Crippen LogP contribution in [0.5, 0.6) is 0 Å². The normalized spacial score (nSPS) is 12.4. The van der Waals surface area contributed by atoms with Gasteiger partial charge in [0.05, 0.1) is 0 Å². The molecule has 1 N–H and O–H groups in total. The summed E-state index contributed by atoms with van der Waals surface area (Å²) in [6.07, 6.45) is 8.26. The molecule has 76 valence electrons. The number of rotatable bonds is 5. The third-order valence-electron chi connectivity index (χ3n) is 2.12. The molecule has 0 spiro atoms. The van der Waals surface area contributed by atoms with Gasteiger partial charge in [-0.25, -0.2) is 0 Å². The SMILES string of the molecule is C#CCCCC(NC)c1sccc1Br. The Morgan fingerprint density at radius 1 is 1.71 bits per heavy atom. The molecule has 1 nitrogen and oxygen atoms in total. The van der Waals surface area contributed by atoms with Crippen molar-refractivity contribution in [2.45, 2.75) is 25.3 Å². The molecule has 1 unspecified atom stereocenters. The highest BCUT2D eigenvalue weighted by atomic mass is 79.9. The van der Waals surface area contributed by atoms with Gasteiger partial charge in [0.25, 0.3) is 0 Å². The molecule has 14 heavy (non-hydrogen) atoms. The maximum absolute atomic E-state index is 5.23. The summed E-state index contributed by atoms with van der Waals surface area (Å²) in [6.45, 7) is 0. The second-order valence-corrected chi connectivity index (χ2v) is 4.87. The summed E-state index contributed by atoms with van der Waals surface area (Å²) in [5, 5.41) is 5.42. The van der Waals surface area contributed by atoms with Crippen LogP contribution in [0.1, 0.15) is 30.2 Å². The summed E-state index contributed by atoms with van der Waals surface area (Å²) in [6, 6.07) is 2.52. The van der Waals surface area contributed by atoms with Crippen molar-refractivity contribution < 1.29 is 0 Å². The van der Waals surface area contributed by atoms with Crippen LogP contribution in [0, 0.1) is 12.3 Å². The van der Waals surface area contributed by atoms with E-state index in [-0.39, 0.29) is 0 Å². The number of halogens is 1. The maximum Gasteiger partial charge on any atom is 0.0424 e. The van der Waals surface area contributed by atoms with E-state index in [0.29, 0.717) is 6.04 Å². The molecule has 0 aromatic carbocycles. The van der Waals surface area contributed by atoms with Gasteiger partial charge >= 0.3 is 0 Å². The van der Waals surface area contributed by atoms with Gasteiger partial charge in [-0.3, -0.25) is 0 Å². The van der Waals surface area contributed by atoms with E-state index in [1.165, 1.54) is 9.35 Å². The lowest BCUT2D eigenvalue weighted by atomic mass is 10.1. The minimum Gasteiger partial charge on any atom is -0.312 e. The monoisotopic (exact) mass is 271 g/mol. The molecule has 0 aliphatic rings. The van der Waals surface area contributed by atoms with Gasteiger partial charge in [-0.05, 0) is 47.3 Å². The highest BCUT2D eigenvalue weighted by molar-refractivity contribution is 9.10. The van der Waals surface area contributed by atoms with E-state index in [9.17, 15) is 0 Å². The molecule has 1 rings (SSSR count). The summed E-state index contributed by atoms with van der Waals surface area (Å²) in [4.78, 5) is 1.37. The van der Waals surface area contributed by atoms with Gasteiger partial charge in [0.15, 0.2) is 0 Å². The van der Waals surface area contributed by atoms with Gasteiger partial charge in [-0.2, -0.15) is 0 Å². The van der Waals surface area contributed by atoms with Crippen LogP contribution >= 0.6 is 27.3 Å². The number of thiophene rings is 1. The molecule has 3 heteroatoms. The molecule has 1 aromatic rings. The van der Waals surface area contributed by atoms with E-state index in [4.69, 9.17) is 6.42 Å². The first-order valence-corrected chi connectivity index (χ1v) is 6.30. The predicted molar refractivity (Wildman–Crippen MR) is 66.5 cm³/mol. The molecule has 1 aromatic heterocycles. The molecule has 0 saturated heterocycles. The minimum atomic E-state index is 0.428. The third kappa shape index (κ3) is 3.13. The van der Waals surface area contributed by atoms with Crippen LogP contribution in [0.15, 0.2) is 15.9 Å². The van der Waals surface area contributed by atoms with Gasteiger partial charge in [-0.15, -0.1) is 23.7 Å². The van der Waals surface area contributed by atoms with E-state index in [0.717, 1.165) is 19.3 Å². The Balaban J connectivity index is 2.55. The van der Waals surface area contributed by atoms with Crippen molar-refractivity contribution in [3.63, 3.8) is 0 Å². The molecular weight excluding hydrogens is 258 g/mol.